The number of aryl methyl sites for hydroxylation is 3. The maximum atomic E-state index is 12.8. The van der Waals surface area contributed by atoms with Crippen LogP contribution in [0.5, 0.6) is 11.5 Å². The van der Waals surface area contributed by atoms with Gasteiger partial charge >= 0.3 is 0 Å². The summed E-state index contributed by atoms with van der Waals surface area (Å²) in [5, 5.41) is 12.5. The van der Waals surface area contributed by atoms with Crippen LogP contribution in [0.1, 0.15) is 33.4 Å². The quantitative estimate of drug-likeness (QED) is 0.197. The van der Waals surface area contributed by atoms with Gasteiger partial charge in [0, 0.05) is 5.69 Å². The van der Waals surface area contributed by atoms with Crippen molar-refractivity contribution in [1.29, 1.82) is 5.26 Å². The molecule has 0 unspecified atom stereocenters. The van der Waals surface area contributed by atoms with E-state index in [0.717, 1.165) is 20.3 Å². The van der Waals surface area contributed by atoms with Crippen molar-refractivity contribution < 1.29 is 14.3 Å². The number of ether oxygens (including phenoxy) is 2. The summed E-state index contributed by atoms with van der Waals surface area (Å²) in [6.07, 6.45) is 1.55. The van der Waals surface area contributed by atoms with Crippen molar-refractivity contribution in [3.63, 3.8) is 0 Å². The molecule has 0 heterocycles. The molecule has 3 aromatic carbocycles. The fourth-order valence-corrected chi connectivity index (χ4v) is 4.44. The molecule has 0 radical (unpaired) electrons. The van der Waals surface area contributed by atoms with Crippen LogP contribution in [-0.4, -0.2) is 13.0 Å². The van der Waals surface area contributed by atoms with Gasteiger partial charge in [0.15, 0.2) is 11.5 Å². The molecule has 3 rings (SSSR count). The maximum absolute atomic E-state index is 12.8. The van der Waals surface area contributed by atoms with E-state index in [2.05, 4.69) is 60.0 Å². The molecule has 0 aliphatic carbocycles. The SMILES string of the molecule is COc1cc(/C=C(\C#N)C(=O)Nc2cccc(C)c2C)cc(I)c1OCc1cc(C)cc(C)c1. The third kappa shape index (κ3) is 6.17. The second kappa shape index (κ2) is 11.2. The number of carbonyl (C=O) groups excluding carboxylic acids is 1. The minimum absolute atomic E-state index is 0.00247. The van der Waals surface area contributed by atoms with Gasteiger partial charge in [0.25, 0.3) is 5.91 Å². The average Bonchev–Trinajstić information content (AvgIpc) is 2.78. The van der Waals surface area contributed by atoms with E-state index in [1.54, 1.807) is 19.3 Å². The van der Waals surface area contributed by atoms with E-state index in [-0.39, 0.29) is 5.57 Å². The zero-order chi connectivity index (χ0) is 24.8. The summed E-state index contributed by atoms with van der Waals surface area (Å²) in [7, 11) is 1.57. The Kier molecular flexibility index (Phi) is 8.35. The summed E-state index contributed by atoms with van der Waals surface area (Å²) in [6, 6.07) is 17.6. The summed E-state index contributed by atoms with van der Waals surface area (Å²) in [5.74, 6) is 0.702. The number of benzene rings is 3. The van der Waals surface area contributed by atoms with Crippen molar-refractivity contribution in [1.82, 2.24) is 0 Å². The highest BCUT2D eigenvalue weighted by Gasteiger charge is 2.15. The highest BCUT2D eigenvalue weighted by Crippen LogP contribution is 2.35. The number of anilines is 1. The number of methoxy groups -OCH3 is 1. The van der Waals surface area contributed by atoms with Crippen LogP contribution in [0.3, 0.4) is 0 Å². The van der Waals surface area contributed by atoms with E-state index in [9.17, 15) is 10.1 Å². The predicted octanol–water partition coefficient (Wildman–Crippen LogP) is 6.66. The van der Waals surface area contributed by atoms with Crippen molar-refractivity contribution in [3.8, 4) is 17.6 Å². The molecule has 6 heteroatoms. The van der Waals surface area contributed by atoms with Crippen LogP contribution in [0.25, 0.3) is 6.08 Å². The Balaban J connectivity index is 1.84. The van der Waals surface area contributed by atoms with Gasteiger partial charge in [-0.15, -0.1) is 0 Å². The average molecular weight is 566 g/mol. The second-order valence-corrected chi connectivity index (χ2v) is 9.35. The van der Waals surface area contributed by atoms with Crippen molar-refractivity contribution in [3.05, 3.63) is 91.1 Å². The smallest absolute Gasteiger partial charge is 0.266 e. The van der Waals surface area contributed by atoms with Crippen molar-refractivity contribution in [2.24, 2.45) is 0 Å². The molecule has 0 saturated carbocycles. The lowest BCUT2D eigenvalue weighted by Gasteiger charge is -2.14. The van der Waals surface area contributed by atoms with E-state index in [1.165, 1.54) is 11.1 Å². The molecule has 1 amide bonds. The molecule has 1 N–H and O–H groups in total. The molecule has 0 saturated heterocycles. The Labute approximate surface area is 214 Å². The van der Waals surface area contributed by atoms with Gasteiger partial charge in [-0.2, -0.15) is 5.26 Å². The lowest BCUT2D eigenvalue weighted by Crippen LogP contribution is -2.14. The Bertz CT molecular complexity index is 1290. The minimum Gasteiger partial charge on any atom is -0.493 e. The van der Waals surface area contributed by atoms with Gasteiger partial charge in [0.05, 0.1) is 10.7 Å². The fourth-order valence-electron chi connectivity index (χ4n) is 3.66. The van der Waals surface area contributed by atoms with Crippen LogP contribution < -0.4 is 14.8 Å². The van der Waals surface area contributed by atoms with Gasteiger partial charge in [-0.3, -0.25) is 4.79 Å². The van der Waals surface area contributed by atoms with Gasteiger partial charge in [-0.25, -0.2) is 0 Å². The first-order chi connectivity index (χ1) is 16.2. The Morgan fingerprint density at radius 3 is 2.44 bits per heavy atom. The standard InChI is InChI=1S/C28H27IN2O3/c1-17-9-18(2)11-22(10-17)16-34-27-24(29)13-21(14-26(27)33-5)12-23(15-30)28(32)31-25-8-6-7-19(3)20(25)4/h6-14H,16H2,1-5H3,(H,31,32)/b23-12+. The Hall–Kier alpha value is -3.31. The molecule has 0 fully saturated rings. The molecule has 0 aliphatic heterocycles. The fraction of sp³-hybridized carbons (Fsp3) is 0.214. The first-order valence-electron chi connectivity index (χ1n) is 10.8. The lowest BCUT2D eigenvalue weighted by atomic mass is 10.1. The van der Waals surface area contributed by atoms with E-state index >= 15 is 0 Å². The van der Waals surface area contributed by atoms with Crippen LogP contribution in [-0.2, 0) is 11.4 Å². The summed E-state index contributed by atoms with van der Waals surface area (Å²) in [4.78, 5) is 12.8. The number of rotatable bonds is 7. The first kappa shape index (κ1) is 25.3. The number of hydrogen-bond donors (Lipinski definition) is 1. The molecule has 174 valence electrons. The lowest BCUT2D eigenvalue weighted by molar-refractivity contribution is -0.112. The van der Waals surface area contributed by atoms with Crippen LogP contribution in [0, 0.1) is 42.6 Å². The molecule has 5 nitrogen and oxygen atoms in total. The molecule has 0 aliphatic rings. The summed E-state index contributed by atoms with van der Waals surface area (Å²) in [5.41, 5.74) is 6.84. The molecule has 0 bridgehead atoms. The van der Waals surface area contributed by atoms with Crippen LogP contribution in [0.4, 0.5) is 5.69 Å². The third-order valence-corrected chi connectivity index (χ3v) is 6.25. The number of carbonyl (C=O) groups is 1. The van der Waals surface area contributed by atoms with Crippen molar-refractivity contribution >= 4 is 40.3 Å². The molecular formula is C28H27IN2O3. The number of halogens is 1. The largest absolute Gasteiger partial charge is 0.493 e. The first-order valence-corrected chi connectivity index (χ1v) is 11.9. The predicted molar refractivity (Wildman–Crippen MR) is 144 cm³/mol. The molecule has 0 spiro atoms. The highest BCUT2D eigenvalue weighted by atomic mass is 127. The van der Waals surface area contributed by atoms with Crippen molar-refractivity contribution in [2.75, 3.05) is 12.4 Å². The molecular weight excluding hydrogens is 539 g/mol. The Morgan fingerprint density at radius 1 is 1.09 bits per heavy atom. The second-order valence-electron chi connectivity index (χ2n) is 8.19. The van der Waals surface area contributed by atoms with Gasteiger partial charge in [-0.1, -0.05) is 41.5 Å². The normalized spacial score (nSPS) is 11.0. The van der Waals surface area contributed by atoms with Gasteiger partial charge in [0.2, 0.25) is 0 Å². The summed E-state index contributed by atoms with van der Waals surface area (Å²) < 4.78 is 12.5. The van der Waals surface area contributed by atoms with Crippen LogP contribution in [0.15, 0.2) is 54.1 Å². The molecule has 0 aromatic heterocycles. The monoisotopic (exact) mass is 566 g/mol. The van der Waals surface area contributed by atoms with E-state index < -0.39 is 5.91 Å². The van der Waals surface area contributed by atoms with E-state index in [1.807, 2.05) is 44.2 Å². The molecule has 3 aromatic rings. The zero-order valence-electron chi connectivity index (χ0n) is 20.0. The van der Waals surface area contributed by atoms with Gasteiger partial charge in [-0.05, 0) is 96.8 Å². The summed E-state index contributed by atoms with van der Waals surface area (Å²) >= 11 is 2.18. The third-order valence-electron chi connectivity index (χ3n) is 5.45. The van der Waals surface area contributed by atoms with E-state index in [0.29, 0.717) is 29.4 Å². The van der Waals surface area contributed by atoms with Crippen molar-refractivity contribution in [2.45, 2.75) is 34.3 Å². The summed E-state index contributed by atoms with van der Waals surface area (Å²) in [6.45, 7) is 8.44. The van der Waals surface area contributed by atoms with E-state index in [4.69, 9.17) is 9.47 Å². The van der Waals surface area contributed by atoms with Crippen LogP contribution in [0.2, 0.25) is 0 Å². The highest BCUT2D eigenvalue weighted by molar-refractivity contribution is 14.1. The topological polar surface area (TPSA) is 71.3 Å². The number of nitriles is 1. The van der Waals surface area contributed by atoms with Crippen LogP contribution >= 0.6 is 22.6 Å². The number of amides is 1. The molecule has 0 atom stereocenters. The Morgan fingerprint density at radius 2 is 1.79 bits per heavy atom. The van der Waals surface area contributed by atoms with Gasteiger partial charge < -0.3 is 14.8 Å². The maximum Gasteiger partial charge on any atom is 0.266 e. The van der Waals surface area contributed by atoms with Gasteiger partial charge in [0.1, 0.15) is 18.2 Å². The number of nitrogens with one attached hydrogen (secondary N) is 1. The number of nitrogens with zero attached hydrogens (tertiary/aromatic N) is 1. The zero-order valence-corrected chi connectivity index (χ0v) is 22.1. The number of hydrogen-bond acceptors (Lipinski definition) is 4. The minimum atomic E-state index is -0.458. The molecule has 34 heavy (non-hydrogen) atoms.